The van der Waals surface area contributed by atoms with E-state index < -0.39 is 16.3 Å². The van der Waals surface area contributed by atoms with Gasteiger partial charge in [-0.1, -0.05) is 32.4 Å². The molecular formula is C19H18ClNO6. The van der Waals surface area contributed by atoms with Gasteiger partial charge in [0.15, 0.2) is 12.4 Å². The van der Waals surface area contributed by atoms with Gasteiger partial charge in [-0.05, 0) is 36.4 Å². The van der Waals surface area contributed by atoms with Crippen LogP contribution in [-0.4, -0.2) is 23.3 Å². The van der Waals surface area contributed by atoms with Gasteiger partial charge < -0.3 is 9.47 Å². The van der Waals surface area contributed by atoms with Crippen LogP contribution < -0.4 is 4.74 Å². The van der Waals surface area contributed by atoms with Crippen molar-refractivity contribution in [2.45, 2.75) is 20.8 Å². The predicted molar refractivity (Wildman–Crippen MR) is 99.4 cm³/mol. The standard InChI is InChI=1S/C19H18ClNO6/c1-19(2,3)17(22)11-26-18(23)12-4-7-14(8-5-12)27-16-9-6-13(20)10-15(16)21(24)25/h4-10H,11H2,1-3H3. The van der Waals surface area contributed by atoms with Gasteiger partial charge in [0.25, 0.3) is 0 Å². The Hall–Kier alpha value is -2.93. The Morgan fingerprint density at radius 2 is 1.74 bits per heavy atom. The molecule has 0 aromatic heterocycles. The van der Waals surface area contributed by atoms with Gasteiger partial charge >= 0.3 is 11.7 Å². The summed E-state index contributed by atoms with van der Waals surface area (Å²) in [6.45, 7) is 4.92. The lowest BCUT2D eigenvalue weighted by molar-refractivity contribution is -0.385. The molecule has 142 valence electrons. The van der Waals surface area contributed by atoms with Gasteiger partial charge in [-0.2, -0.15) is 0 Å². The van der Waals surface area contributed by atoms with Crippen LogP contribution in [0.3, 0.4) is 0 Å². The number of halogens is 1. The van der Waals surface area contributed by atoms with Crippen molar-refractivity contribution in [3.8, 4) is 11.5 Å². The minimum atomic E-state index is -0.642. The third-order valence-corrected chi connectivity index (χ3v) is 3.84. The summed E-state index contributed by atoms with van der Waals surface area (Å²) in [6.07, 6.45) is 0. The first-order valence-corrected chi connectivity index (χ1v) is 8.38. The Balaban J connectivity index is 2.07. The van der Waals surface area contributed by atoms with Gasteiger partial charge in [-0.3, -0.25) is 14.9 Å². The van der Waals surface area contributed by atoms with E-state index in [1.54, 1.807) is 20.8 Å². The number of nitrogens with zero attached hydrogens (tertiary/aromatic N) is 1. The minimum absolute atomic E-state index is 0.0236. The number of esters is 1. The third kappa shape index (κ3) is 5.52. The van der Waals surface area contributed by atoms with E-state index in [2.05, 4.69) is 0 Å². The Morgan fingerprint density at radius 3 is 2.30 bits per heavy atom. The molecule has 2 rings (SSSR count). The van der Waals surface area contributed by atoms with Crippen molar-refractivity contribution >= 4 is 29.0 Å². The highest BCUT2D eigenvalue weighted by Gasteiger charge is 2.23. The molecule has 0 N–H and O–H groups in total. The first-order valence-electron chi connectivity index (χ1n) is 8.00. The number of carbonyl (C=O) groups excluding carboxylic acids is 2. The van der Waals surface area contributed by atoms with Crippen LogP contribution in [0.5, 0.6) is 11.5 Å². The van der Waals surface area contributed by atoms with Crippen molar-refractivity contribution in [1.82, 2.24) is 0 Å². The maximum atomic E-state index is 12.0. The van der Waals surface area contributed by atoms with Crippen LogP contribution in [0.2, 0.25) is 5.02 Å². The van der Waals surface area contributed by atoms with Gasteiger partial charge in [0.05, 0.1) is 10.5 Å². The molecule has 7 nitrogen and oxygen atoms in total. The molecule has 0 bridgehead atoms. The van der Waals surface area contributed by atoms with Crippen LogP contribution in [-0.2, 0) is 9.53 Å². The fourth-order valence-electron chi connectivity index (χ4n) is 1.94. The zero-order chi connectivity index (χ0) is 20.2. The van der Waals surface area contributed by atoms with E-state index in [9.17, 15) is 19.7 Å². The Kier molecular flexibility index (Phi) is 6.17. The molecule has 0 aliphatic rings. The van der Waals surface area contributed by atoms with Crippen molar-refractivity contribution in [3.63, 3.8) is 0 Å². The number of carbonyl (C=O) groups is 2. The first-order chi connectivity index (χ1) is 12.6. The molecule has 0 saturated carbocycles. The monoisotopic (exact) mass is 391 g/mol. The maximum absolute atomic E-state index is 12.0. The summed E-state index contributed by atoms with van der Waals surface area (Å²) in [6, 6.07) is 9.89. The zero-order valence-electron chi connectivity index (χ0n) is 15.0. The number of ketones is 1. The Labute approximate surface area is 161 Å². The number of nitro benzene ring substituents is 1. The fourth-order valence-corrected chi connectivity index (χ4v) is 2.10. The Morgan fingerprint density at radius 1 is 1.11 bits per heavy atom. The SMILES string of the molecule is CC(C)(C)C(=O)COC(=O)c1ccc(Oc2ccc(Cl)cc2[N+](=O)[O-])cc1. The number of Topliss-reactive ketones (excluding diaryl/α,β-unsaturated/α-hetero) is 1. The topological polar surface area (TPSA) is 95.7 Å². The Bertz CT molecular complexity index is 871. The minimum Gasteiger partial charge on any atom is -0.454 e. The number of rotatable bonds is 6. The average Bonchev–Trinajstić information content (AvgIpc) is 2.60. The molecule has 0 saturated heterocycles. The lowest BCUT2D eigenvalue weighted by Crippen LogP contribution is -2.26. The second kappa shape index (κ2) is 8.18. The molecule has 27 heavy (non-hydrogen) atoms. The molecule has 0 atom stereocenters. The van der Waals surface area contributed by atoms with E-state index in [0.29, 0.717) is 5.75 Å². The van der Waals surface area contributed by atoms with Crippen LogP contribution >= 0.6 is 11.6 Å². The highest BCUT2D eigenvalue weighted by Crippen LogP contribution is 2.33. The quantitative estimate of drug-likeness (QED) is 0.398. The van der Waals surface area contributed by atoms with Gasteiger partial charge in [0, 0.05) is 16.5 Å². The summed E-state index contributed by atoms with van der Waals surface area (Å²) < 4.78 is 10.5. The van der Waals surface area contributed by atoms with Gasteiger partial charge in [-0.25, -0.2) is 4.79 Å². The van der Waals surface area contributed by atoms with Crippen molar-refractivity contribution in [2.75, 3.05) is 6.61 Å². The van der Waals surface area contributed by atoms with Crippen molar-refractivity contribution in [3.05, 3.63) is 63.2 Å². The highest BCUT2D eigenvalue weighted by molar-refractivity contribution is 6.30. The van der Waals surface area contributed by atoms with E-state index in [4.69, 9.17) is 21.1 Å². The van der Waals surface area contributed by atoms with E-state index in [0.717, 1.165) is 0 Å². The number of benzene rings is 2. The molecule has 0 aliphatic carbocycles. The summed E-state index contributed by atoms with van der Waals surface area (Å²) in [4.78, 5) is 34.3. The largest absolute Gasteiger partial charge is 0.454 e. The van der Waals surface area contributed by atoms with Crippen LogP contribution in [0.4, 0.5) is 5.69 Å². The van der Waals surface area contributed by atoms with Gasteiger partial charge in [0.2, 0.25) is 5.75 Å². The van der Waals surface area contributed by atoms with E-state index in [1.807, 2.05) is 0 Å². The van der Waals surface area contributed by atoms with Gasteiger partial charge in [0.1, 0.15) is 5.75 Å². The molecule has 0 amide bonds. The van der Waals surface area contributed by atoms with Crippen molar-refractivity contribution in [1.29, 1.82) is 0 Å². The second-order valence-corrected chi connectivity index (χ2v) is 7.18. The van der Waals surface area contributed by atoms with Crippen molar-refractivity contribution < 1.29 is 24.0 Å². The molecule has 0 fully saturated rings. The normalized spacial score (nSPS) is 11.0. The van der Waals surface area contributed by atoms with E-state index in [-0.39, 0.29) is 34.4 Å². The average molecular weight is 392 g/mol. The molecule has 0 unspecified atom stereocenters. The van der Waals surface area contributed by atoms with Crippen LogP contribution in [0.25, 0.3) is 0 Å². The number of hydrogen-bond acceptors (Lipinski definition) is 6. The first kappa shape index (κ1) is 20.4. The van der Waals surface area contributed by atoms with E-state index in [1.165, 1.54) is 42.5 Å². The summed E-state index contributed by atoms with van der Waals surface area (Å²) in [7, 11) is 0. The van der Waals surface area contributed by atoms with Gasteiger partial charge in [-0.15, -0.1) is 0 Å². The fraction of sp³-hybridized carbons (Fsp3) is 0.263. The smallest absolute Gasteiger partial charge is 0.338 e. The number of hydrogen-bond donors (Lipinski definition) is 0. The molecule has 0 radical (unpaired) electrons. The molecule has 0 aliphatic heterocycles. The summed E-state index contributed by atoms with van der Waals surface area (Å²) in [5, 5.41) is 11.3. The number of nitro groups is 1. The van der Waals surface area contributed by atoms with Crippen LogP contribution in [0.1, 0.15) is 31.1 Å². The summed E-state index contributed by atoms with van der Waals surface area (Å²) in [5.41, 5.74) is -0.632. The van der Waals surface area contributed by atoms with Crippen LogP contribution in [0.15, 0.2) is 42.5 Å². The zero-order valence-corrected chi connectivity index (χ0v) is 15.8. The number of ether oxygens (including phenoxy) is 2. The molecular weight excluding hydrogens is 374 g/mol. The second-order valence-electron chi connectivity index (χ2n) is 6.74. The maximum Gasteiger partial charge on any atom is 0.338 e. The third-order valence-electron chi connectivity index (χ3n) is 3.61. The predicted octanol–water partition coefficient (Wildman–Crippen LogP) is 4.81. The molecule has 2 aromatic carbocycles. The molecule has 0 heterocycles. The summed E-state index contributed by atoms with van der Waals surface area (Å²) >= 11 is 5.76. The highest BCUT2D eigenvalue weighted by atomic mass is 35.5. The molecule has 8 heteroatoms. The van der Waals surface area contributed by atoms with E-state index >= 15 is 0 Å². The molecule has 2 aromatic rings. The van der Waals surface area contributed by atoms with Crippen LogP contribution in [0, 0.1) is 15.5 Å². The molecule has 0 spiro atoms. The van der Waals surface area contributed by atoms with Crippen molar-refractivity contribution in [2.24, 2.45) is 5.41 Å². The summed E-state index contributed by atoms with van der Waals surface area (Å²) in [5.74, 6) is -0.513. The lowest BCUT2D eigenvalue weighted by atomic mass is 9.91. The lowest BCUT2D eigenvalue weighted by Gasteiger charge is -2.16.